The highest BCUT2D eigenvalue weighted by molar-refractivity contribution is 5.83. The number of hydrogen-bond acceptors (Lipinski definition) is 5. The lowest BCUT2D eigenvalue weighted by Gasteiger charge is -2.38. The van der Waals surface area contributed by atoms with E-state index in [4.69, 9.17) is 14.5 Å². The van der Waals surface area contributed by atoms with Gasteiger partial charge in [0.25, 0.3) is 0 Å². The van der Waals surface area contributed by atoms with Gasteiger partial charge in [-0.25, -0.2) is 0 Å². The van der Waals surface area contributed by atoms with Gasteiger partial charge in [0, 0.05) is 22.9 Å². The molecule has 0 amide bonds. The van der Waals surface area contributed by atoms with E-state index in [0.717, 1.165) is 0 Å². The second kappa shape index (κ2) is 11.0. The number of ether oxygens (including phenoxy) is 2. The molecule has 0 bridgehead atoms. The van der Waals surface area contributed by atoms with Crippen molar-refractivity contribution in [2.45, 2.75) is 39.3 Å². The number of para-hydroxylation sites is 3. The summed E-state index contributed by atoms with van der Waals surface area (Å²) in [5.74, 6) is 1.27. The molecule has 1 unspecified atom stereocenters. The highest BCUT2D eigenvalue weighted by Crippen LogP contribution is 2.45. The van der Waals surface area contributed by atoms with Crippen LogP contribution in [0, 0.1) is 5.92 Å². The third-order valence-corrected chi connectivity index (χ3v) is 5.57. The number of benzene rings is 3. The Kier molecular flexibility index (Phi) is 8.12. The number of aliphatic hydroxyl groups is 1. The molecule has 0 aliphatic heterocycles. The van der Waals surface area contributed by atoms with Crippen LogP contribution in [-0.4, -0.2) is 35.7 Å². The van der Waals surface area contributed by atoms with Gasteiger partial charge < -0.3 is 19.7 Å². The molecule has 0 aromatic heterocycles. The standard InChI is InChI=1S/C28H33NO4/c1-5-32-25-17-11-8-14-22(25)28(31,23-15-9-12-18-26(23)33-6-2)27(20(3)4)29-19-21-13-7-10-16-24(21)30/h7-20,27,30-31H,5-6H2,1-4H3. The normalized spacial score (nSPS) is 12.8. The molecule has 5 nitrogen and oxygen atoms in total. The van der Waals surface area contributed by atoms with Crippen LogP contribution in [0.15, 0.2) is 77.8 Å². The van der Waals surface area contributed by atoms with Crippen LogP contribution < -0.4 is 9.47 Å². The van der Waals surface area contributed by atoms with E-state index >= 15 is 0 Å². The van der Waals surface area contributed by atoms with Gasteiger partial charge in [-0.05, 0) is 44.0 Å². The number of aromatic hydroxyl groups is 1. The predicted molar refractivity (Wildman–Crippen MR) is 133 cm³/mol. The predicted octanol–water partition coefficient (Wildman–Crippen LogP) is 5.57. The summed E-state index contributed by atoms with van der Waals surface area (Å²) in [6.45, 7) is 8.80. The average molecular weight is 448 g/mol. The van der Waals surface area contributed by atoms with Crippen LogP contribution in [0.2, 0.25) is 0 Å². The molecule has 174 valence electrons. The van der Waals surface area contributed by atoms with Crippen LogP contribution >= 0.6 is 0 Å². The van der Waals surface area contributed by atoms with Crippen LogP contribution in [-0.2, 0) is 5.60 Å². The zero-order valence-corrected chi connectivity index (χ0v) is 19.7. The van der Waals surface area contributed by atoms with E-state index in [1.54, 1.807) is 24.4 Å². The van der Waals surface area contributed by atoms with Crippen LogP contribution in [0.1, 0.15) is 44.4 Å². The minimum Gasteiger partial charge on any atom is -0.507 e. The highest BCUT2D eigenvalue weighted by atomic mass is 16.5. The van der Waals surface area contributed by atoms with E-state index in [1.807, 2.05) is 82.3 Å². The second-order valence-corrected chi connectivity index (χ2v) is 8.15. The van der Waals surface area contributed by atoms with Gasteiger partial charge in [0.2, 0.25) is 0 Å². The molecule has 3 rings (SSSR count). The average Bonchev–Trinajstić information content (AvgIpc) is 2.81. The highest BCUT2D eigenvalue weighted by Gasteiger charge is 2.45. The third-order valence-electron chi connectivity index (χ3n) is 5.57. The van der Waals surface area contributed by atoms with Crippen molar-refractivity contribution in [3.05, 3.63) is 89.5 Å². The number of hydrogen-bond donors (Lipinski definition) is 2. The van der Waals surface area contributed by atoms with Crippen molar-refractivity contribution in [2.24, 2.45) is 10.9 Å². The zero-order valence-electron chi connectivity index (χ0n) is 19.7. The van der Waals surface area contributed by atoms with Crippen LogP contribution in [0.3, 0.4) is 0 Å². The summed E-state index contributed by atoms with van der Waals surface area (Å²) in [5, 5.41) is 22.8. The lowest BCUT2D eigenvalue weighted by molar-refractivity contribution is 0.0312. The number of nitrogens with zero attached hydrogens (tertiary/aromatic N) is 1. The van der Waals surface area contributed by atoms with Crippen molar-refractivity contribution in [1.29, 1.82) is 0 Å². The first-order chi connectivity index (χ1) is 15.9. The quantitative estimate of drug-likeness (QED) is 0.399. The van der Waals surface area contributed by atoms with Gasteiger partial charge in [-0.3, -0.25) is 4.99 Å². The summed E-state index contributed by atoms with van der Waals surface area (Å²) in [4.78, 5) is 4.84. The molecule has 0 saturated carbocycles. The minimum absolute atomic E-state index is 0.0542. The van der Waals surface area contributed by atoms with E-state index in [0.29, 0.717) is 41.4 Å². The number of phenolic OH excluding ortho intramolecular Hbond substituents is 1. The SMILES string of the molecule is CCOc1ccccc1C(O)(c1ccccc1OCC)C(N=Cc1ccccc1O)C(C)C. The van der Waals surface area contributed by atoms with Crippen LogP contribution in [0.4, 0.5) is 0 Å². The fourth-order valence-corrected chi connectivity index (χ4v) is 4.11. The molecule has 1 atom stereocenters. The van der Waals surface area contributed by atoms with Crippen molar-refractivity contribution in [1.82, 2.24) is 0 Å². The second-order valence-electron chi connectivity index (χ2n) is 8.15. The molecular weight excluding hydrogens is 414 g/mol. The largest absolute Gasteiger partial charge is 0.507 e. The maximum Gasteiger partial charge on any atom is 0.144 e. The van der Waals surface area contributed by atoms with Gasteiger partial charge in [0.05, 0.1) is 19.3 Å². The van der Waals surface area contributed by atoms with Crippen LogP contribution in [0.5, 0.6) is 17.2 Å². The van der Waals surface area contributed by atoms with E-state index < -0.39 is 11.6 Å². The van der Waals surface area contributed by atoms with Crippen molar-refractivity contribution in [3.8, 4) is 17.2 Å². The molecule has 0 heterocycles. The van der Waals surface area contributed by atoms with E-state index in [-0.39, 0.29) is 11.7 Å². The monoisotopic (exact) mass is 447 g/mol. The first-order valence-corrected chi connectivity index (χ1v) is 11.4. The molecule has 5 heteroatoms. The summed E-state index contributed by atoms with van der Waals surface area (Å²) in [7, 11) is 0. The summed E-state index contributed by atoms with van der Waals surface area (Å²) in [6.07, 6.45) is 1.62. The Labute approximate surface area is 196 Å². The van der Waals surface area contributed by atoms with Gasteiger partial charge >= 0.3 is 0 Å². The van der Waals surface area contributed by atoms with E-state index in [9.17, 15) is 10.2 Å². The summed E-state index contributed by atoms with van der Waals surface area (Å²) in [5.41, 5.74) is 0.271. The molecule has 0 saturated heterocycles. The molecule has 0 aliphatic carbocycles. The van der Waals surface area contributed by atoms with Gasteiger partial charge in [-0.1, -0.05) is 62.4 Å². The van der Waals surface area contributed by atoms with Crippen molar-refractivity contribution < 1.29 is 19.7 Å². The van der Waals surface area contributed by atoms with Gasteiger partial charge in [0.1, 0.15) is 22.8 Å². The Morgan fingerprint density at radius 1 is 0.818 bits per heavy atom. The Morgan fingerprint density at radius 3 is 1.79 bits per heavy atom. The Bertz CT molecular complexity index is 1030. The van der Waals surface area contributed by atoms with E-state index in [1.165, 1.54) is 0 Å². The van der Waals surface area contributed by atoms with Crippen molar-refractivity contribution in [3.63, 3.8) is 0 Å². The Hall–Kier alpha value is -3.31. The first kappa shape index (κ1) is 24.3. The fourth-order valence-electron chi connectivity index (χ4n) is 4.11. The first-order valence-electron chi connectivity index (χ1n) is 11.4. The van der Waals surface area contributed by atoms with Crippen LogP contribution in [0.25, 0.3) is 0 Å². The topological polar surface area (TPSA) is 71.3 Å². The molecule has 0 radical (unpaired) electrons. The maximum atomic E-state index is 12.6. The van der Waals surface area contributed by atoms with E-state index in [2.05, 4.69) is 0 Å². The summed E-state index contributed by atoms with van der Waals surface area (Å²) < 4.78 is 11.8. The Morgan fingerprint density at radius 2 is 1.30 bits per heavy atom. The molecule has 0 aliphatic rings. The summed E-state index contributed by atoms with van der Waals surface area (Å²) >= 11 is 0. The zero-order chi connectivity index (χ0) is 23.8. The van der Waals surface area contributed by atoms with Gasteiger partial charge in [-0.2, -0.15) is 0 Å². The van der Waals surface area contributed by atoms with Crippen molar-refractivity contribution in [2.75, 3.05) is 13.2 Å². The molecule has 33 heavy (non-hydrogen) atoms. The van der Waals surface area contributed by atoms with Crippen molar-refractivity contribution >= 4 is 6.21 Å². The molecule has 2 N–H and O–H groups in total. The lowest BCUT2D eigenvalue weighted by Crippen LogP contribution is -2.43. The molecule has 0 fully saturated rings. The smallest absolute Gasteiger partial charge is 0.144 e. The van der Waals surface area contributed by atoms with Gasteiger partial charge in [-0.15, -0.1) is 0 Å². The molecule has 0 spiro atoms. The third kappa shape index (κ3) is 5.20. The molecular formula is C28H33NO4. The summed E-state index contributed by atoms with van der Waals surface area (Å²) in [6, 6.07) is 21.4. The maximum absolute atomic E-state index is 12.6. The minimum atomic E-state index is -1.55. The number of phenols is 1. The molecule has 3 aromatic carbocycles. The Balaban J connectivity index is 2.27. The number of rotatable bonds is 10. The molecule has 3 aromatic rings. The number of aliphatic imine (C=N–C) groups is 1. The lowest BCUT2D eigenvalue weighted by atomic mass is 9.75. The van der Waals surface area contributed by atoms with Gasteiger partial charge in [0.15, 0.2) is 0 Å². The fraction of sp³-hybridized carbons (Fsp3) is 0.321.